The van der Waals surface area contributed by atoms with Crippen LogP contribution in [0.5, 0.6) is 5.75 Å². The van der Waals surface area contributed by atoms with Crippen molar-refractivity contribution in [2.45, 2.75) is 37.4 Å². The van der Waals surface area contributed by atoms with Gasteiger partial charge < -0.3 is 25.0 Å². The summed E-state index contributed by atoms with van der Waals surface area (Å²) >= 11 is 0. The van der Waals surface area contributed by atoms with Crippen molar-refractivity contribution in [3.63, 3.8) is 0 Å². The van der Waals surface area contributed by atoms with E-state index in [4.69, 9.17) is 9.29 Å². The van der Waals surface area contributed by atoms with Gasteiger partial charge in [-0.2, -0.15) is 13.1 Å². The van der Waals surface area contributed by atoms with Crippen LogP contribution in [0.1, 0.15) is 11.8 Å². The predicted molar refractivity (Wildman–Crippen MR) is 111 cm³/mol. The fraction of sp³-hybridized carbons (Fsp3) is 0.389. The monoisotopic (exact) mass is 520 g/mol. The van der Waals surface area contributed by atoms with Gasteiger partial charge in [-0.3, -0.25) is 9.12 Å². The Morgan fingerprint density at radius 3 is 2.49 bits per heavy atom. The minimum Gasteiger partial charge on any atom is -0.406 e. The summed E-state index contributed by atoms with van der Waals surface area (Å²) in [5.74, 6) is -0.0752. The molecule has 0 spiro atoms. The van der Waals surface area contributed by atoms with Crippen LogP contribution in [0.2, 0.25) is 0 Å². The van der Waals surface area contributed by atoms with E-state index in [0.29, 0.717) is 5.56 Å². The standard InChI is InChI=1S/C18H19F3N6O7S/c19-18(20,21)34-10-3-1-9(2-4-10)5-22-15-12-16(24-7-23-15)27(8-25-12)17-14(29)13(28)11(33-17)6-26-35(30,31)32/h1-4,7-8,11,13-14,17,26,28-29H,5-6H2,(H,22,23,24)(H,30,31,32)/t11-,13-,14-,17-/m1/s1. The van der Waals surface area contributed by atoms with E-state index in [1.165, 1.54) is 41.5 Å². The maximum Gasteiger partial charge on any atom is 0.573 e. The lowest BCUT2D eigenvalue weighted by atomic mass is 10.1. The first-order valence-corrected chi connectivity index (χ1v) is 11.3. The maximum absolute atomic E-state index is 12.3. The first-order valence-electron chi connectivity index (χ1n) is 9.91. The van der Waals surface area contributed by atoms with E-state index in [1.807, 2.05) is 0 Å². The van der Waals surface area contributed by atoms with Crippen molar-refractivity contribution in [2.24, 2.45) is 0 Å². The van der Waals surface area contributed by atoms with Gasteiger partial charge >= 0.3 is 16.7 Å². The number of benzene rings is 1. The average molecular weight is 520 g/mol. The van der Waals surface area contributed by atoms with Crippen molar-refractivity contribution in [3.8, 4) is 5.75 Å². The van der Waals surface area contributed by atoms with E-state index in [1.54, 1.807) is 4.72 Å². The van der Waals surface area contributed by atoms with Crippen LogP contribution in [0.15, 0.2) is 36.9 Å². The molecule has 1 aliphatic heterocycles. The summed E-state index contributed by atoms with van der Waals surface area (Å²) in [7, 11) is -4.53. The second-order valence-electron chi connectivity index (χ2n) is 7.46. The second-order valence-corrected chi connectivity index (χ2v) is 8.70. The topological polar surface area (TPSA) is 181 Å². The highest BCUT2D eigenvalue weighted by molar-refractivity contribution is 7.83. The maximum atomic E-state index is 12.3. The molecule has 0 saturated carbocycles. The number of rotatable bonds is 8. The van der Waals surface area contributed by atoms with Gasteiger partial charge in [0.2, 0.25) is 0 Å². The van der Waals surface area contributed by atoms with Gasteiger partial charge in [0, 0.05) is 13.1 Å². The van der Waals surface area contributed by atoms with E-state index in [-0.39, 0.29) is 29.3 Å². The molecule has 190 valence electrons. The molecule has 17 heteroatoms. The molecule has 0 bridgehead atoms. The molecule has 0 radical (unpaired) electrons. The summed E-state index contributed by atoms with van der Waals surface area (Å²) < 4.78 is 80.0. The number of aliphatic hydroxyl groups excluding tert-OH is 2. The molecular formula is C18H19F3N6O7S. The molecule has 4 rings (SSSR count). The number of nitrogens with zero attached hydrogens (tertiary/aromatic N) is 4. The number of imidazole rings is 1. The fourth-order valence-electron chi connectivity index (χ4n) is 3.48. The first kappa shape index (κ1) is 25.0. The quantitative estimate of drug-likeness (QED) is 0.259. The number of aliphatic hydroxyl groups is 2. The summed E-state index contributed by atoms with van der Waals surface area (Å²) in [6.45, 7) is -0.315. The van der Waals surface area contributed by atoms with Crippen molar-refractivity contribution in [1.82, 2.24) is 24.2 Å². The zero-order chi connectivity index (χ0) is 25.4. The lowest BCUT2D eigenvalue weighted by Gasteiger charge is -2.16. The average Bonchev–Trinajstić information content (AvgIpc) is 3.32. The van der Waals surface area contributed by atoms with E-state index in [0.717, 1.165) is 0 Å². The van der Waals surface area contributed by atoms with Crippen LogP contribution in [-0.4, -0.2) is 73.9 Å². The summed E-state index contributed by atoms with van der Waals surface area (Å²) in [5, 5.41) is 23.6. The third kappa shape index (κ3) is 5.95. The Bertz CT molecular complexity index is 1290. The Labute approximate surface area is 195 Å². The van der Waals surface area contributed by atoms with Crippen LogP contribution in [0, 0.1) is 0 Å². The second kappa shape index (κ2) is 9.51. The number of alkyl halides is 3. The molecule has 0 unspecified atom stereocenters. The normalized spacial score (nSPS) is 23.0. The van der Waals surface area contributed by atoms with Crippen molar-refractivity contribution in [2.75, 3.05) is 11.9 Å². The molecule has 35 heavy (non-hydrogen) atoms. The van der Waals surface area contributed by atoms with Crippen LogP contribution in [0.4, 0.5) is 19.0 Å². The molecule has 0 aliphatic carbocycles. The Hall–Kier alpha value is -3.09. The molecule has 1 aliphatic rings. The van der Waals surface area contributed by atoms with E-state index >= 15 is 0 Å². The van der Waals surface area contributed by atoms with Crippen LogP contribution in [0.25, 0.3) is 11.2 Å². The van der Waals surface area contributed by atoms with Gasteiger partial charge in [-0.1, -0.05) is 12.1 Å². The minimum absolute atomic E-state index is 0.177. The Kier molecular flexibility index (Phi) is 6.80. The molecule has 1 aromatic carbocycles. The van der Waals surface area contributed by atoms with E-state index in [9.17, 15) is 31.8 Å². The number of nitrogens with one attached hydrogen (secondary N) is 2. The molecule has 3 aromatic rings. The third-order valence-corrected chi connectivity index (χ3v) is 5.59. The number of ether oxygens (including phenoxy) is 2. The minimum atomic E-state index is -4.79. The lowest BCUT2D eigenvalue weighted by Crippen LogP contribution is -2.39. The highest BCUT2D eigenvalue weighted by Crippen LogP contribution is 2.32. The molecule has 5 N–H and O–H groups in total. The van der Waals surface area contributed by atoms with Crippen LogP contribution in [0.3, 0.4) is 0 Å². The van der Waals surface area contributed by atoms with Crippen LogP contribution in [-0.2, 0) is 21.6 Å². The van der Waals surface area contributed by atoms with E-state index < -0.39 is 47.8 Å². The van der Waals surface area contributed by atoms with Crippen molar-refractivity contribution in [3.05, 3.63) is 42.5 Å². The van der Waals surface area contributed by atoms with Crippen molar-refractivity contribution >= 4 is 27.3 Å². The molecule has 0 amide bonds. The van der Waals surface area contributed by atoms with Gasteiger partial charge in [-0.05, 0) is 17.7 Å². The van der Waals surface area contributed by atoms with Crippen molar-refractivity contribution < 1.29 is 45.8 Å². The number of fused-ring (bicyclic) bond motifs is 1. The van der Waals surface area contributed by atoms with Crippen LogP contribution < -0.4 is 14.8 Å². The largest absolute Gasteiger partial charge is 0.573 e. The van der Waals surface area contributed by atoms with Crippen LogP contribution >= 0.6 is 0 Å². The number of aromatic nitrogens is 4. The fourth-order valence-corrected chi connectivity index (χ4v) is 3.85. The smallest absolute Gasteiger partial charge is 0.406 e. The number of halogens is 3. The van der Waals surface area contributed by atoms with Crippen molar-refractivity contribution in [1.29, 1.82) is 0 Å². The highest BCUT2D eigenvalue weighted by Gasteiger charge is 2.44. The summed E-state index contributed by atoms with van der Waals surface area (Å²) in [5.41, 5.74) is 1.11. The number of anilines is 1. The summed E-state index contributed by atoms with van der Waals surface area (Å²) in [4.78, 5) is 12.4. The molecule has 1 saturated heterocycles. The SMILES string of the molecule is O=S(=O)(O)NC[C@H]1O[C@@H](n2cnc3c(NCc4ccc(OC(F)(F)F)cc4)ncnc32)[C@H](O)[C@@H]1O. The highest BCUT2D eigenvalue weighted by atomic mass is 32.2. The van der Waals surface area contributed by atoms with E-state index in [2.05, 4.69) is 25.0 Å². The molecule has 3 heterocycles. The molecular weight excluding hydrogens is 501 g/mol. The van der Waals surface area contributed by atoms with Gasteiger partial charge in [0.25, 0.3) is 0 Å². The molecule has 2 aromatic heterocycles. The summed E-state index contributed by atoms with van der Waals surface area (Å²) in [6.07, 6.45) is -7.58. The molecule has 13 nitrogen and oxygen atoms in total. The first-order chi connectivity index (χ1) is 16.4. The molecule has 4 atom stereocenters. The summed E-state index contributed by atoms with van der Waals surface area (Å²) in [6, 6.07) is 5.23. The molecule has 1 fully saturated rings. The van der Waals surface area contributed by atoms with Gasteiger partial charge in [-0.25, -0.2) is 15.0 Å². The Balaban J connectivity index is 1.47. The lowest BCUT2D eigenvalue weighted by molar-refractivity contribution is -0.274. The van der Waals surface area contributed by atoms with Gasteiger partial charge in [-0.15, -0.1) is 13.2 Å². The zero-order valence-corrected chi connectivity index (χ0v) is 18.3. The number of hydrogen-bond donors (Lipinski definition) is 5. The third-order valence-electron chi connectivity index (χ3n) is 5.05. The van der Waals surface area contributed by atoms with Gasteiger partial charge in [0.05, 0.1) is 6.33 Å². The van der Waals surface area contributed by atoms with Gasteiger partial charge in [0.15, 0.2) is 23.2 Å². The van der Waals surface area contributed by atoms with Gasteiger partial charge in [0.1, 0.15) is 30.4 Å². The number of hydrogen-bond acceptors (Lipinski definition) is 10. The predicted octanol–water partition coefficient (Wildman–Crippen LogP) is 0.349. The zero-order valence-electron chi connectivity index (χ0n) is 17.5. The Morgan fingerprint density at radius 2 is 1.83 bits per heavy atom. The Morgan fingerprint density at radius 1 is 1.11 bits per heavy atom.